The lowest BCUT2D eigenvalue weighted by molar-refractivity contribution is 0.247. The van der Waals surface area contributed by atoms with Crippen molar-refractivity contribution in [2.24, 2.45) is 0 Å². The Hall–Kier alpha value is 0.177. The van der Waals surface area contributed by atoms with Crippen LogP contribution < -0.4 is 0 Å². The Morgan fingerprint density at radius 2 is 1.86 bits per heavy atom. The molecule has 0 aromatic carbocycles. The van der Waals surface area contributed by atoms with Gasteiger partial charge in [0.1, 0.15) is 8.96 Å². The van der Waals surface area contributed by atoms with Gasteiger partial charge in [-0.2, -0.15) is 0 Å². The average molecular weight is 211 g/mol. The van der Waals surface area contributed by atoms with Crippen LogP contribution in [0.5, 0.6) is 0 Å². The third kappa shape index (κ3) is 2.06. The van der Waals surface area contributed by atoms with Crippen molar-refractivity contribution in [1.82, 2.24) is 4.57 Å². The van der Waals surface area contributed by atoms with Crippen LogP contribution in [0.2, 0.25) is 12.1 Å². The summed E-state index contributed by atoms with van der Waals surface area (Å²) in [5.74, 6) is 0. The number of hydrogen-bond acceptors (Lipinski definition) is 1. The van der Waals surface area contributed by atoms with Gasteiger partial charge in [0.15, 0.2) is 0 Å². The lowest BCUT2D eigenvalue weighted by atomic mass is 10.2. The Bertz CT molecular complexity index is 168. The molecule has 1 aliphatic heterocycles. The van der Waals surface area contributed by atoms with E-state index >= 15 is 0 Å². The number of rotatable bonds is 4. The summed E-state index contributed by atoms with van der Waals surface area (Å²) in [6.45, 7) is 4.82. The maximum Gasteiger partial charge on any atom is 0.112 e. The molecule has 14 heavy (non-hydrogen) atoms. The van der Waals surface area contributed by atoms with Gasteiger partial charge in [-0.1, -0.05) is 33.1 Å². The normalized spacial score (nSPS) is 26.8. The Kier molecular flexibility index (Phi) is 3.66. The maximum absolute atomic E-state index is 3.01. The molecule has 0 aromatic rings. The molecule has 1 saturated carbocycles. The molecule has 82 valence electrons. The molecular formula is C12H25NSi. The van der Waals surface area contributed by atoms with Crippen LogP contribution in [0.1, 0.15) is 52.4 Å². The van der Waals surface area contributed by atoms with Crippen molar-refractivity contribution < 1.29 is 0 Å². The minimum absolute atomic E-state index is 0.411. The van der Waals surface area contributed by atoms with Gasteiger partial charge in [0.05, 0.1) is 0 Å². The summed E-state index contributed by atoms with van der Waals surface area (Å²) >= 11 is 0. The van der Waals surface area contributed by atoms with Crippen LogP contribution in [-0.2, 0) is 0 Å². The Labute approximate surface area is 90.6 Å². The van der Waals surface area contributed by atoms with Gasteiger partial charge in [-0.15, -0.1) is 0 Å². The third-order valence-corrected chi connectivity index (χ3v) is 8.27. The Balaban J connectivity index is 1.96. The molecule has 1 atom stereocenters. The lowest BCUT2D eigenvalue weighted by Crippen LogP contribution is -2.53. The summed E-state index contributed by atoms with van der Waals surface area (Å²) in [5.41, 5.74) is 0. The molecule has 1 saturated heterocycles. The van der Waals surface area contributed by atoms with Crippen molar-refractivity contribution in [2.75, 3.05) is 0 Å². The molecule has 1 nitrogen and oxygen atoms in total. The molecule has 0 radical (unpaired) electrons. The Morgan fingerprint density at radius 1 is 1.21 bits per heavy atom. The largest absolute Gasteiger partial charge is 0.321 e. The first-order chi connectivity index (χ1) is 6.83. The molecule has 0 aromatic heterocycles. The van der Waals surface area contributed by atoms with Crippen molar-refractivity contribution in [1.29, 1.82) is 0 Å². The molecule has 1 unspecified atom stereocenters. The van der Waals surface area contributed by atoms with Gasteiger partial charge in [0.25, 0.3) is 0 Å². The third-order valence-electron chi connectivity index (χ3n) is 4.34. The minimum Gasteiger partial charge on any atom is -0.321 e. The molecular weight excluding hydrogens is 186 g/mol. The second kappa shape index (κ2) is 4.80. The molecule has 0 bridgehead atoms. The molecule has 1 aliphatic carbocycles. The summed E-state index contributed by atoms with van der Waals surface area (Å²) in [7, 11) is -0.411. The minimum atomic E-state index is -0.411. The highest BCUT2D eigenvalue weighted by Crippen LogP contribution is 2.33. The van der Waals surface area contributed by atoms with Crippen molar-refractivity contribution in [2.45, 2.75) is 76.5 Å². The zero-order chi connectivity index (χ0) is 9.97. The van der Waals surface area contributed by atoms with Crippen LogP contribution in [0.3, 0.4) is 0 Å². The van der Waals surface area contributed by atoms with Crippen molar-refractivity contribution in [3.8, 4) is 0 Å². The van der Waals surface area contributed by atoms with Crippen molar-refractivity contribution in [3.63, 3.8) is 0 Å². The zero-order valence-electron chi connectivity index (χ0n) is 9.84. The van der Waals surface area contributed by atoms with Gasteiger partial charge in [0.2, 0.25) is 0 Å². The van der Waals surface area contributed by atoms with E-state index in [9.17, 15) is 0 Å². The molecule has 2 aliphatic rings. The van der Waals surface area contributed by atoms with E-state index in [2.05, 4.69) is 18.4 Å². The summed E-state index contributed by atoms with van der Waals surface area (Å²) in [4.78, 5) is 0. The topological polar surface area (TPSA) is 3.24 Å². The van der Waals surface area contributed by atoms with E-state index in [-0.39, 0.29) is 0 Å². The molecule has 2 rings (SSSR count). The SMILES string of the molecule is CCC(C)N(C1CCCC1)[SiH]1CCC1. The second-order valence-corrected chi connectivity index (χ2v) is 8.29. The van der Waals surface area contributed by atoms with Gasteiger partial charge in [-0.25, -0.2) is 0 Å². The monoisotopic (exact) mass is 211 g/mol. The van der Waals surface area contributed by atoms with E-state index in [1.807, 2.05) is 0 Å². The number of nitrogens with zero attached hydrogens (tertiary/aromatic N) is 1. The van der Waals surface area contributed by atoms with Crippen LogP contribution >= 0.6 is 0 Å². The van der Waals surface area contributed by atoms with Crippen LogP contribution in [-0.4, -0.2) is 25.6 Å². The molecule has 2 heteroatoms. The average Bonchev–Trinajstić information content (AvgIpc) is 2.62. The summed E-state index contributed by atoms with van der Waals surface area (Å²) in [6.07, 6.45) is 8.91. The highest BCUT2D eigenvalue weighted by atomic mass is 28.3. The first-order valence-corrected chi connectivity index (χ1v) is 8.75. The number of hydrogen-bond donors (Lipinski definition) is 0. The van der Waals surface area contributed by atoms with Gasteiger partial charge in [-0.05, 0) is 31.4 Å². The summed E-state index contributed by atoms with van der Waals surface area (Å²) in [6, 6.07) is 5.11. The predicted molar refractivity (Wildman–Crippen MR) is 65.2 cm³/mol. The van der Waals surface area contributed by atoms with Crippen LogP contribution in [0.15, 0.2) is 0 Å². The summed E-state index contributed by atoms with van der Waals surface area (Å²) < 4.78 is 3.01. The second-order valence-electron chi connectivity index (χ2n) is 5.23. The van der Waals surface area contributed by atoms with E-state index in [0.29, 0.717) is 0 Å². The predicted octanol–water partition coefficient (Wildman–Crippen LogP) is 3.16. The lowest BCUT2D eigenvalue weighted by Gasteiger charge is -2.44. The first-order valence-electron chi connectivity index (χ1n) is 6.60. The molecule has 2 fully saturated rings. The van der Waals surface area contributed by atoms with Gasteiger partial charge >= 0.3 is 0 Å². The zero-order valence-corrected chi connectivity index (χ0v) is 11.0. The maximum atomic E-state index is 3.01. The van der Waals surface area contributed by atoms with E-state index in [0.717, 1.165) is 12.1 Å². The standard InChI is InChI=1S/C12H25NSi/c1-3-11(2)13(14-9-6-10-14)12-7-4-5-8-12/h11-12,14H,3-10H2,1-2H3. The first kappa shape index (κ1) is 10.7. The van der Waals surface area contributed by atoms with Gasteiger partial charge in [-0.3, -0.25) is 0 Å². The summed E-state index contributed by atoms with van der Waals surface area (Å²) in [5, 5.41) is 0. The molecule has 0 spiro atoms. The molecule has 1 heterocycles. The van der Waals surface area contributed by atoms with Gasteiger partial charge in [0, 0.05) is 12.1 Å². The van der Waals surface area contributed by atoms with E-state index in [1.54, 1.807) is 12.1 Å². The highest BCUT2D eigenvalue weighted by Gasteiger charge is 2.35. The van der Waals surface area contributed by atoms with E-state index in [4.69, 9.17) is 0 Å². The van der Waals surface area contributed by atoms with Crippen LogP contribution in [0.4, 0.5) is 0 Å². The van der Waals surface area contributed by atoms with Crippen molar-refractivity contribution in [3.05, 3.63) is 0 Å². The fourth-order valence-corrected chi connectivity index (χ4v) is 6.31. The van der Waals surface area contributed by atoms with E-state index in [1.165, 1.54) is 38.5 Å². The van der Waals surface area contributed by atoms with E-state index < -0.39 is 8.96 Å². The smallest absolute Gasteiger partial charge is 0.112 e. The fourth-order valence-electron chi connectivity index (χ4n) is 3.12. The molecule has 0 N–H and O–H groups in total. The van der Waals surface area contributed by atoms with Crippen LogP contribution in [0.25, 0.3) is 0 Å². The molecule has 0 amide bonds. The Morgan fingerprint density at radius 3 is 2.29 bits per heavy atom. The van der Waals surface area contributed by atoms with Gasteiger partial charge < -0.3 is 4.57 Å². The van der Waals surface area contributed by atoms with Crippen LogP contribution in [0, 0.1) is 0 Å². The quantitative estimate of drug-likeness (QED) is 0.646. The fraction of sp³-hybridized carbons (Fsp3) is 1.00. The highest BCUT2D eigenvalue weighted by molar-refractivity contribution is 6.58. The van der Waals surface area contributed by atoms with Crippen molar-refractivity contribution >= 4 is 8.96 Å².